The number of aromatic amines is 6. The van der Waals surface area contributed by atoms with Crippen molar-refractivity contribution in [3.05, 3.63) is 252 Å². The van der Waals surface area contributed by atoms with E-state index in [-0.39, 0.29) is 0 Å². The fraction of sp³-hybridized carbons (Fsp3) is 0.339. The largest absolute Gasteiger partial charge is 0.381 e. The van der Waals surface area contributed by atoms with Crippen LogP contribution in [0.2, 0.25) is 0 Å². The molecule has 0 bridgehead atoms. The summed E-state index contributed by atoms with van der Waals surface area (Å²) in [6.45, 7) is 24.4. The molecule has 18 aromatic rings. The second-order valence-corrected chi connectivity index (χ2v) is 38.9. The third-order valence-corrected chi connectivity index (χ3v) is 30.0. The van der Waals surface area contributed by atoms with Gasteiger partial charge in [-0.2, -0.15) is 30.6 Å². The quantitative estimate of drug-likeness (QED) is 0.0864. The van der Waals surface area contributed by atoms with Gasteiger partial charge in [0, 0.05) is 192 Å². The number of hydrogen-bond acceptors (Lipinski definition) is 22. The molecule has 28 heteroatoms. The van der Waals surface area contributed by atoms with Gasteiger partial charge in [0.15, 0.2) is 0 Å². The van der Waals surface area contributed by atoms with Gasteiger partial charge in [0.1, 0.15) is 69.1 Å². The number of hydrogen-bond donors (Lipinski definition) is 6. The molecule has 22 heterocycles. The molecular weight excluding hydrogens is 1710 g/mol. The third kappa shape index (κ3) is 15.9. The van der Waals surface area contributed by atoms with Crippen molar-refractivity contribution in [3.8, 4) is 67.5 Å². The summed E-state index contributed by atoms with van der Waals surface area (Å²) in [5, 5.41) is 53.5. The number of pyridine rings is 6. The maximum atomic E-state index is 5.57. The van der Waals surface area contributed by atoms with Gasteiger partial charge in [-0.1, -0.05) is 139 Å². The molecule has 12 aromatic heterocycles. The second kappa shape index (κ2) is 36.4. The van der Waals surface area contributed by atoms with Crippen molar-refractivity contribution >= 4 is 100 Å². The standard InChI is InChI=1S/C21H25N5.C19H21N5.C19H20N4O.C18H18N4O.C16H14N4.C16H16N4/c1-14(2)25-11-8-16(9-12-25)26-13-15-5-3-4-6-17(15)20-19-18(23-24-20)7-10-22-21(19)26;1-23-10-7-14(8-11-23)24-12-13-4-2-3-5-15(13)18-17-16(21-22-18)6-9-20-19(17)24;1-12-2-3-13-11-23(14-5-8-24-9-6-14)19-17-16(4-7-20-19)21-22-18(17)15(13)10-12;1-2-4-14-12(3-1)11-22(13-6-9-23-10-7-13)18-16-15(5-8-19-18)20-21-17(14)16;1-2-4-12-10(3-1)9-20(11-5-6-11)16-14-13(7-8-17-16)18-19-15(12)14;1-10(2)20-9-11-5-3-4-6-12(11)15-14-13(18-19-15)7-8-17-16(14)20/h3-7,10,14,16H,8-9,11-13H2,1-2H3,(H,23,24);2-6,9,14H,7-8,10-12H2,1H3,(H,21,22);2-4,7,10,14H,5-6,8-9,11H2,1H3,(H,21,22);1-5,8,13H,6-7,9-11H2,(H,20,21);1-4,7-8,11H,5-6,9H2,(H,18,19);3-8,10H,9H2,1-2H3,(H,18,19). The summed E-state index contributed by atoms with van der Waals surface area (Å²) in [5.41, 5.74) is 29.1. The summed E-state index contributed by atoms with van der Waals surface area (Å²) in [5.74, 6) is 6.39. The zero-order chi connectivity index (χ0) is 91.9. The minimum atomic E-state index is 0.391. The minimum absolute atomic E-state index is 0.391. The van der Waals surface area contributed by atoms with Crippen LogP contribution in [0.15, 0.2) is 213 Å². The van der Waals surface area contributed by atoms with Gasteiger partial charge in [0.25, 0.3) is 0 Å². The molecule has 5 fully saturated rings. The van der Waals surface area contributed by atoms with E-state index in [0.29, 0.717) is 42.3 Å². The highest BCUT2D eigenvalue weighted by atomic mass is 16.5. The van der Waals surface area contributed by atoms with Gasteiger partial charge in [-0.05, 0) is 195 Å². The molecule has 0 radical (unpaired) electrons. The average molecular weight is 1820 g/mol. The van der Waals surface area contributed by atoms with Crippen LogP contribution in [-0.2, 0) is 48.7 Å². The molecule has 0 spiro atoms. The average Bonchev–Trinajstić information content (AvgIpc) is 1.61. The van der Waals surface area contributed by atoms with Crippen LogP contribution in [0.5, 0.6) is 0 Å². The van der Waals surface area contributed by atoms with Gasteiger partial charge >= 0.3 is 0 Å². The fourth-order valence-electron chi connectivity index (χ4n) is 22.6. The van der Waals surface area contributed by atoms with E-state index in [9.17, 15) is 0 Å². The van der Waals surface area contributed by atoms with Crippen LogP contribution in [-0.4, -0.2) is 203 Å². The molecule has 692 valence electrons. The van der Waals surface area contributed by atoms with E-state index >= 15 is 0 Å². The summed E-state index contributed by atoms with van der Waals surface area (Å²) in [7, 11) is 2.21. The topological polar surface area (TPSA) is 294 Å². The van der Waals surface area contributed by atoms with E-state index in [4.69, 9.17) is 29.4 Å². The van der Waals surface area contributed by atoms with Crippen molar-refractivity contribution in [2.75, 3.05) is 89.1 Å². The number of anilines is 6. The van der Waals surface area contributed by atoms with E-state index in [2.05, 4.69) is 292 Å². The highest BCUT2D eigenvalue weighted by Crippen LogP contribution is 2.49. The first-order valence-electron chi connectivity index (χ1n) is 49.1. The molecule has 6 N–H and O–H groups in total. The Bertz CT molecular complexity index is 7350. The molecule has 137 heavy (non-hydrogen) atoms. The molecular formula is C109H114N26O2. The Morgan fingerprint density at radius 1 is 0.277 bits per heavy atom. The van der Waals surface area contributed by atoms with E-state index in [1.807, 2.05) is 73.6 Å². The van der Waals surface area contributed by atoms with E-state index in [1.165, 1.54) is 127 Å². The van der Waals surface area contributed by atoms with Crippen molar-refractivity contribution < 1.29 is 9.47 Å². The number of aryl methyl sites for hydroxylation is 1. The summed E-state index contributed by atoms with van der Waals surface area (Å²) < 4.78 is 11.1. The lowest BCUT2D eigenvalue weighted by Crippen LogP contribution is -2.47. The van der Waals surface area contributed by atoms with E-state index < -0.39 is 0 Å². The molecule has 0 unspecified atom stereocenters. The molecule has 28 nitrogen and oxygen atoms in total. The maximum Gasteiger partial charge on any atom is 0.140 e. The van der Waals surface area contributed by atoms with Crippen LogP contribution in [0.25, 0.3) is 133 Å². The Balaban J connectivity index is 0.0000000899. The van der Waals surface area contributed by atoms with Crippen LogP contribution in [0.4, 0.5) is 34.9 Å². The molecule has 6 aromatic carbocycles. The number of likely N-dealkylation sites (tertiary alicyclic amines) is 2. The molecule has 10 aliphatic heterocycles. The Labute approximate surface area is 795 Å². The lowest BCUT2D eigenvalue weighted by molar-refractivity contribution is 0.0839. The highest BCUT2D eigenvalue weighted by molar-refractivity contribution is 6.08. The van der Waals surface area contributed by atoms with Crippen LogP contribution in [0.3, 0.4) is 0 Å². The number of nitrogens with one attached hydrogen (secondary N) is 6. The van der Waals surface area contributed by atoms with Gasteiger partial charge in [-0.15, -0.1) is 0 Å². The first-order chi connectivity index (χ1) is 67.4. The van der Waals surface area contributed by atoms with Gasteiger partial charge in [-0.3, -0.25) is 30.6 Å². The zero-order valence-corrected chi connectivity index (χ0v) is 78.5. The Hall–Kier alpha value is -14.3. The Kier molecular flexibility index (Phi) is 22.7. The Morgan fingerprint density at radius 2 is 0.540 bits per heavy atom. The van der Waals surface area contributed by atoms with Crippen molar-refractivity contribution in [2.24, 2.45) is 0 Å². The number of piperidine rings is 2. The van der Waals surface area contributed by atoms with Crippen molar-refractivity contribution in [1.82, 2.24) is 101 Å². The number of aromatic nitrogens is 18. The maximum absolute atomic E-state index is 5.57. The number of nitrogens with zero attached hydrogens (tertiary/aromatic N) is 20. The summed E-state index contributed by atoms with van der Waals surface area (Å²) in [6, 6.07) is 65.3. The molecule has 29 rings (SSSR count). The van der Waals surface area contributed by atoms with Crippen molar-refractivity contribution in [3.63, 3.8) is 0 Å². The van der Waals surface area contributed by atoms with Gasteiger partial charge in [0.05, 0.1) is 65.4 Å². The van der Waals surface area contributed by atoms with E-state index in [0.717, 1.165) is 236 Å². The second-order valence-electron chi connectivity index (χ2n) is 38.9. The lowest BCUT2D eigenvalue weighted by Gasteiger charge is -2.40. The van der Waals surface area contributed by atoms with E-state index in [1.54, 1.807) is 0 Å². The molecule has 4 saturated heterocycles. The molecule has 1 saturated carbocycles. The summed E-state index contributed by atoms with van der Waals surface area (Å²) in [6.07, 6.45) is 22.8. The van der Waals surface area contributed by atoms with Crippen molar-refractivity contribution in [1.29, 1.82) is 0 Å². The number of H-pyrrole nitrogens is 6. The number of ether oxygens (including phenoxy) is 2. The zero-order valence-electron chi connectivity index (χ0n) is 78.5. The highest BCUT2D eigenvalue weighted by Gasteiger charge is 2.40. The summed E-state index contributed by atoms with van der Waals surface area (Å²) >= 11 is 0. The minimum Gasteiger partial charge on any atom is -0.381 e. The van der Waals surface area contributed by atoms with Crippen LogP contribution >= 0.6 is 0 Å². The molecule has 0 amide bonds. The molecule has 11 aliphatic rings. The van der Waals surface area contributed by atoms with Crippen LogP contribution in [0, 0.1) is 6.92 Å². The molecule has 1 aliphatic carbocycles. The Morgan fingerprint density at radius 3 is 0.847 bits per heavy atom. The number of benzene rings is 6. The smallest absolute Gasteiger partial charge is 0.140 e. The third-order valence-electron chi connectivity index (χ3n) is 30.0. The first kappa shape index (κ1) is 85.6. The fourth-order valence-corrected chi connectivity index (χ4v) is 22.6. The predicted molar refractivity (Wildman–Crippen MR) is 544 cm³/mol. The lowest BCUT2D eigenvalue weighted by atomic mass is 10.0. The van der Waals surface area contributed by atoms with Gasteiger partial charge in [-0.25, -0.2) is 29.9 Å². The predicted octanol–water partition coefficient (Wildman–Crippen LogP) is 19.9. The molecule has 0 atom stereocenters. The van der Waals surface area contributed by atoms with Gasteiger partial charge < -0.3 is 48.7 Å². The normalized spacial score (nSPS) is 17.4. The monoisotopic (exact) mass is 1820 g/mol. The summed E-state index contributed by atoms with van der Waals surface area (Å²) in [4.78, 5) is 48.1. The number of rotatable bonds is 7. The van der Waals surface area contributed by atoms with Crippen LogP contribution < -0.4 is 29.4 Å². The first-order valence-corrected chi connectivity index (χ1v) is 49.1. The van der Waals surface area contributed by atoms with Crippen LogP contribution in [0.1, 0.15) is 131 Å². The number of fused-ring (bicyclic) bond motifs is 12. The SMILES string of the molecule is CC(C)N1CCC(N2Cc3ccccc3-c3n[nH]c4ccnc2c34)CC1.CC(C)N1Cc2ccccc2-c2n[nH]c3ccnc1c23.CN1CCC(N2Cc3ccccc3-c3n[nH]c4ccnc2c34)CC1.Cc1ccc2c(c1)-c1n[nH]c3ccnc(c13)N(C1CCOCC1)C2.c1ccc2c(c1)CN(C1CC1)c1nccc3[nH]nc-2c13.c1ccc2c(c1)CN(C1CCOCC1)c1nccc3[nH]nc-2c13. The van der Waals surface area contributed by atoms with Crippen molar-refractivity contribution in [2.45, 2.75) is 180 Å². The van der Waals surface area contributed by atoms with Gasteiger partial charge in [0.2, 0.25) is 0 Å².